The molecule has 6 heterocycles. The van der Waals surface area contributed by atoms with Crippen LogP contribution in [0.25, 0.3) is 120 Å². The van der Waals surface area contributed by atoms with Gasteiger partial charge in [-0.2, -0.15) is 9.97 Å². The quantitative estimate of drug-likeness (QED) is 0.172. The topological polar surface area (TPSA) is 87.2 Å². The van der Waals surface area contributed by atoms with Gasteiger partial charge in [0.1, 0.15) is 5.52 Å². The molecule has 0 amide bonds. The summed E-state index contributed by atoms with van der Waals surface area (Å²) >= 11 is 1.71. The summed E-state index contributed by atoms with van der Waals surface area (Å²) in [5, 5.41) is 5.40. The second-order valence-corrected chi connectivity index (χ2v) is 16.2. The van der Waals surface area contributed by atoms with Gasteiger partial charge in [-0.3, -0.25) is 19.5 Å². The molecule has 7 aromatic carbocycles. The molecule has 0 bridgehead atoms. The number of aromatic nitrogens is 8. The fraction of sp³-hybridized carbons (Fsp3) is 0. The Balaban J connectivity index is 1.14. The van der Waals surface area contributed by atoms with Crippen LogP contribution in [0.5, 0.6) is 0 Å². The smallest absolute Gasteiger partial charge is 0.238 e. The monoisotopic (exact) mass is 798 g/mol. The van der Waals surface area contributed by atoms with E-state index in [9.17, 15) is 0 Å². The Hall–Kier alpha value is -8.14. The summed E-state index contributed by atoms with van der Waals surface area (Å²) in [7, 11) is 0. The highest BCUT2D eigenvalue weighted by molar-refractivity contribution is 7.26. The Bertz CT molecular complexity index is 3820. The molecule has 0 aliphatic heterocycles. The van der Waals surface area contributed by atoms with Gasteiger partial charge in [0, 0.05) is 62.3 Å². The van der Waals surface area contributed by atoms with Crippen molar-refractivity contribution in [3.63, 3.8) is 0 Å². The van der Waals surface area contributed by atoms with Crippen molar-refractivity contribution in [2.75, 3.05) is 0 Å². The lowest BCUT2D eigenvalue weighted by molar-refractivity contribution is 0.955. The van der Waals surface area contributed by atoms with Crippen LogP contribution in [0, 0.1) is 0 Å². The molecule has 0 N–H and O–H groups in total. The summed E-state index contributed by atoms with van der Waals surface area (Å²) < 4.78 is 6.68. The van der Waals surface area contributed by atoms with E-state index in [1.54, 1.807) is 23.7 Å². The summed E-state index contributed by atoms with van der Waals surface area (Å²) in [4.78, 5) is 30.6. The number of nitrogens with zero attached hydrogens (tertiary/aromatic N) is 8. The Morgan fingerprint density at radius 2 is 0.967 bits per heavy atom. The summed E-state index contributed by atoms with van der Waals surface area (Å²) in [6, 6.07) is 57.1. The molecule has 0 saturated heterocycles. The first-order valence-electron chi connectivity index (χ1n) is 20.1. The van der Waals surface area contributed by atoms with E-state index in [2.05, 4.69) is 106 Å². The van der Waals surface area contributed by atoms with Crippen LogP contribution in [0.3, 0.4) is 0 Å². The molecule has 0 spiro atoms. The molecule has 0 fully saturated rings. The highest BCUT2D eigenvalue weighted by Crippen LogP contribution is 2.47. The van der Waals surface area contributed by atoms with Gasteiger partial charge in [0.05, 0.1) is 42.5 Å². The third-order valence-corrected chi connectivity index (χ3v) is 12.9. The minimum absolute atomic E-state index is 0.519. The summed E-state index contributed by atoms with van der Waals surface area (Å²) in [5.74, 6) is 1.70. The predicted octanol–water partition coefficient (Wildman–Crippen LogP) is 12.8. The van der Waals surface area contributed by atoms with Gasteiger partial charge >= 0.3 is 0 Å². The number of fused-ring (bicyclic) bond motifs is 13. The molecule has 13 rings (SSSR count). The molecule has 13 aromatic rings. The van der Waals surface area contributed by atoms with Gasteiger partial charge in [-0.25, -0.2) is 4.98 Å². The zero-order chi connectivity index (χ0) is 40.0. The average molecular weight is 799 g/mol. The third kappa shape index (κ3) is 5.11. The first-order chi connectivity index (χ1) is 30.3. The van der Waals surface area contributed by atoms with E-state index in [1.807, 2.05) is 72.9 Å². The van der Waals surface area contributed by atoms with Crippen LogP contribution in [-0.2, 0) is 0 Å². The van der Waals surface area contributed by atoms with Crippen molar-refractivity contribution in [1.82, 2.24) is 39.0 Å². The van der Waals surface area contributed by atoms with Crippen LogP contribution in [-0.4, -0.2) is 39.0 Å². The van der Waals surface area contributed by atoms with Gasteiger partial charge in [0.25, 0.3) is 0 Å². The Kier molecular flexibility index (Phi) is 7.31. The normalized spacial score (nSPS) is 11.9. The molecule has 9 heteroatoms. The SMILES string of the molecule is c1ccc(-c2nc(-c3ccccc3)nc(-n3c4ccc(-c5ccc6c(c5)c5ccccc5n6-c5ccccc5)cc4c4c5nccnc5c5c6ncccc6sc5c43)n2)cc1. The number of hydrogen-bond donors (Lipinski definition) is 0. The molecule has 8 nitrogen and oxygen atoms in total. The van der Waals surface area contributed by atoms with E-state index in [0.29, 0.717) is 17.6 Å². The fourth-order valence-electron chi connectivity index (χ4n) is 9.06. The number of benzene rings is 7. The molecular weight excluding hydrogens is 769 g/mol. The molecular formula is C52H30N8S. The Morgan fingerprint density at radius 1 is 0.393 bits per heavy atom. The lowest BCUT2D eigenvalue weighted by Gasteiger charge is -2.11. The van der Waals surface area contributed by atoms with Gasteiger partial charge in [0.15, 0.2) is 11.6 Å². The van der Waals surface area contributed by atoms with Crippen LogP contribution in [0.2, 0.25) is 0 Å². The molecule has 0 aliphatic rings. The summed E-state index contributed by atoms with van der Waals surface area (Å²) in [6.07, 6.45) is 5.40. The fourth-order valence-corrected chi connectivity index (χ4v) is 10.3. The second-order valence-electron chi connectivity index (χ2n) is 15.1. The predicted molar refractivity (Wildman–Crippen MR) is 249 cm³/mol. The Morgan fingerprint density at radius 3 is 1.67 bits per heavy atom. The number of para-hydroxylation sites is 2. The van der Waals surface area contributed by atoms with E-state index in [0.717, 1.165) is 86.6 Å². The molecule has 0 saturated carbocycles. The highest BCUT2D eigenvalue weighted by atomic mass is 32.1. The summed E-state index contributed by atoms with van der Waals surface area (Å²) in [5.41, 5.74) is 11.9. The van der Waals surface area contributed by atoms with Crippen molar-refractivity contribution < 1.29 is 0 Å². The van der Waals surface area contributed by atoms with E-state index < -0.39 is 0 Å². The van der Waals surface area contributed by atoms with E-state index in [1.165, 1.54) is 16.3 Å². The zero-order valence-corrected chi connectivity index (χ0v) is 33.1. The van der Waals surface area contributed by atoms with Crippen LogP contribution >= 0.6 is 11.3 Å². The van der Waals surface area contributed by atoms with Crippen molar-refractivity contribution in [3.05, 3.63) is 182 Å². The number of hydrogen-bond acceptors (Lipinski definition) is 7. The molecule has 284 valence electrons. The average Bonchev–Trinajstić information content (AvgIpc) is 4.00. The maximum Gasteiger partial charge on any atom is 0.238 e. The van der Waals surface area contributed by atoms with Crippen LogP contribution in [0.4, 0.5) is 0 Å². The molecule has 0 radical (unpaired) electrons. The highest BCUT2D eigenvalue weighted by Gasteiger charge is 2.26. The molecule has 0 unspecified atom stereocenters. The standard InChI is InChI=1S/C52H30N8S/c1-4-13-31(14-5-1)50-56-51(32-15-6-2-7-16-32)58-52(57-50)60-41-25-23-34(33-22-24-40-37(29-33)36-19-10-11-20-39(36)59(40)35-17-8-3-9-18-35)30-38(41)43-46-47(55-28-27-54-46)44-45-42(21-12-26-53-45)61-49(44)48(43)60/h1-30H. The molecule has 0 aliphatic carbocycles. The van der Waals surface area contributed by atoms with Crippen LogP contribution in [0.1, 0.15) is 0 Å². The summed E-state index contributed by atoms with van der Waals surface area (Å²) in [6.45, 7) is 0. The lowest BCUT2D eigenvalue weighted by atomic mass is 10.00. The van der Waals surface area contributed by atoms with E-state index in [4.69, 9.17) is 29.9 Å². The zero-order valence-electron chi connectivity index (χ0n) is 32.3. The number of pyridine rings is 1. The minimum Gasteiger partial charge on any atom is -0.309 e. The largest absolute Gasteiger partial charge is 0.309 e. The maximum absolute atomic E-state index is 5.28. The molecule has 61 heavy (non-hydrogen) atoms. The maximum atomic E-state index is 5.28. The third-order valence-electron chi connectivity index (χ3n) is 11.7. The van der Waals surface area contributed by atoms with Gasteiger partial charge in [-0.15, -0.1) is 11.3 Å². The second kappa shape index (κ2) is 13.2. The molecule has 6 aromatic heterocycles. The number of thiophene rings is 1. The van der Waals surface area contributed by atoms with Gasteiger partial charge in [-0.05, 0) is 65.7 Å². The van der Waals surface area contributed by atoms with E-state index >= 15 is 0 Å². The van der Waals surface area contributed by atoms with Crippen LogP contribution < -0.4 is 0 Å². The number of rotatable bonds is 5. The van der Waals surface area contributed by atoms with Crippen LogP contribution in [0.15, 0.2) is 182 Å². The van der Waals surface area contributed by atoms with Crippen molar-refractivity contribution in [2.24, 2.45) is 0 Å². The van der Waals surface area contributed by atoms with E-state index in [-0.39, 0.29) is 0 Å². The van der Waals surface area contributed by atoms with Crippen molar-refractivity contribution in [2.45, 2.75) is 0 Å². The molecule has 0 atom stereocenters. The Labute approximate surface area is 351 Å². The lowest BCUT2D eigenvalue weighted by Crippen LogP contribution is -2.06. The van der Waals surface area contributed by atoms with Crippen molar-refractivity contribution in [3.8, 4) is 45.5 Å². The van der Waals surface area contributed by atoms with Gasteiger partial charge in [0.2, 0.25) is 5.95 Å². The first-order valence-corrected chi connectivity index (χ1v) is 20.9. The van der Waals surface area contributed by atoms with Gasteiger partial charge < -0.3 is 4.57 Å². The van der Waals surface area contributed by atoms with Gasteiger partial charge in [-0.1, -0.05) is 109 Å². The first kappa shape index (κ1) is 33.8. The minimum atomic E-state index is 0.519. The van der Waals surface area contributed by atoms with Crippen molar-refractivity contribution >= 4 is 86.3 Å². The van der Waals surface area contributed by atoms with Crippen molar-refractivity contribution in [1.29, 1.82) is 0 Å².